The molecular weight excluding hydrogens is 250 g/mol. The molecule has 1 unspecified atom stereocenters. The van der Waals surface area contributed by atoms with Crippen LogP contribution in [0, 0.1) is 5.92 Å². The topological polar surface area (TPSA) is 60.2 Å². The molecule has 3 N–H and O–H groups in total. The highest BCUT2D eigenvalue weighted by molar-refractivity contribution is 5.98. The number of hydrogen-bond acceptors (Lipinski definition) is 4. The van der Waals surface area contributed by atoms with Crippen LogP contribution >= 0.6 is 0 Å². The zero-order chi connectivity index (χ0) is 13.9. The fraction of sp³-hybridized carbons (Fsp3) is 0.438. The second-order valence-electron chi connectivity index (χ2n) is 5.48. The molecule has 0 aliphatic carbocycles. The summed E-state index contributed by atoms with van der Waals surface area (Å²) in [6.45, 7) is 4.00. The van der Waals surface area contributed by atoms with Gasteiger partial charge in [0.15, 0.2) is 0 Å². The third kappa shape index (κ3) is 2.56. The normalized spacial score (nSPS) is 18.1. The number of benzene rings is 1. The number of fused-ring (bicyclic) bond motifs is 1. The number of ether oxygens (including phenoxy) is 1. The number of anilines is 2. The van der Waals surface area contributed by atoms with Crippen molar-refractivity contribution in [1.82, 2.24) is 4.98 Å². The van der Waals surface area contributed by atoms with Crippen LogP contribution in [0.2, 0.25) is 0 Å². The highest BCUT2D eigenvalue weighted by atomic mass is 16.5. The Morgan fingerprint density at radius 1 is 1.30 bits per heavy atom. The SMILES string of the molecule is CC(Nc1ccc(N)c2ncccc12)C1CCOCC1. The number of nitrogen functional groups attached to an aromatic ring is 1. The molecule has 1 fully saturated rings. The van der Waals surface area contributed by atoms with E-state index >= 15 is 0 Å². The fourth-order valence-electron chi connectivity index (χ4n) is 2.90. The Labute approximate surface area is 119 Å². The fourth-order valence-corrected chi connectivity index (χ4v) is 2.90. The van der Waals surface area contributed by atoms with Gasteiger partial charge in [-0.2, -0.15) is 0 Å². The van der Waals surface area contributed by atoms with Gasteiger partial charge in [-0.25, -0.2) is 0 Å². The Hall–Kier alpha value is -1.81. The second kappa shape index (κ2) is 5.67. The maximum Gasteiger partial charge on any atom is 0.0951 e. The molecule has 106 valence electrons. The molecule has 0 radical (unpaired) electrons. The first kappa shape index (κ1) is 13.2. The van der Waals surface area contributed by atoms with Crippen LogP contribution in [0.1, 0.15) is 19.8 Å². The predicted octanol–water partition coefficient (Wildman–Crippen LogP) is 3.04. The van der Waals surface area contributed by atoms with Crippen molar-refractivity contribution in [3.8, 4) is 0 Å². The monoisotopic (exact) mass is 271 g/mol. The van der Waals surface area contributed by atoms with Gasteiger partial charge >= 0.3 is 0 Å². The first-order chi connectivity index (χ1) is 9.75. The van der Waals surface area contributed by atoms with Gasteiger partial charge in [-0.05, 0) is 49.9 Å². The van der Waals surface area contributed by atoms with Crippen molar-refractivity contribution < 1.29 is 4.74 Å². The van der Waals surface area contributed by atoms with Crippen molar-refractivity contribution >= 4 is 22.3 Å². The highest BCUT2D eigenvalue weighted by Gasteiger charge is 2.20. The van der Waals surface area contributed by atoms with Crippen LogP contribution in [0.5, 0.6) is 0 Å². The van der Waals surface area contributed by atoms with E-state index in [0.29, 0.717) is 12.0 Å². The molecule has 4 heteroatoms. The zero-order valence-electron chi connectivity index (χ0n) is 11.8. The molecule has 1 aliphatic heterocycles. The van der Waals surface area contributed by atoms with Crippen LogP contribution in [0.3, 0.4) is 0 Å². The van der Waals surface area contributed by atoms with Crippen molar-refractivity contribution in [2.45, 2.75) is 25.8 Å². The van der Waals surface area contributed by atoms with Gasteiger partial charge in [0, 0.05) is 36.5 Å². The highest BCUT2D eigenvalue weighted by Crippen LogP contribution is 2.29. The van der Waals surface area contributed by atoms with Crippen LogP contribution in [-0.2, 0) is 4.74 Å². The van der Waals surface area contributed by atoms with E-state index in [9.17, 15) is 0 Å². The van der Waals surface area contributed by atoms with Gasteiger partial charge < -0.3 is 15.8 Å². The van der Waals surface area contributed by atoms with Crippen molar-refractivity contribution in [2.24, 2.45) is 5.92 Å². The Morgan fingerprint density at radius 3 is 2.90 bits per heavy atom. The minimum Gasteiger partial charge on any atom is -0.397 e. The van der Waals surface area contributed by atoms with E-state index in [1.165, 1.54) is 0 Å². The molecule has 0 amide bonds. The van der Waals surface area contributed by atoms with E-state index < -0.39 is 0 Å². The standard InChI is InChI=1S/C16H21N3O/c1-11(12-6-9-20-10-7-12)19-15-5-4-14(17)16-13(15)3-2-8-18-16/h2-5,8,11-12,19H,6-7,9-10,17H2,1H3. The van der Waals surface area contributed by atoms with Gasteiger partial charge in [0.05, 0.1) is 11.2 Å². The van der Waals surface area contributed by atoms with Gasteiger partial charge in [-0.3, -0.25) is 4.98 Å². The summed E-state index contributed by atoms with van der Waals surface area (Å²) in [5.41, 5.74) is 8.70. The molecule has 3 rings (SSSR count). The lowest BCUT2D eigenvalue weighted by molar-refractivity contribution is 0.0622. The minimum absolute atomic E-state index is 0.422. The summed E-state index contributed by atoms with van der Waals surface area (Å²) in [7, 11) is 0. The Bertz CT molecular complexity index is 593. The molecular formula is C16H21N3O. The summed E-state index contributed by atoms with van der Waals surface area (Å²) < 4.78 is 5.43. The number of aromatic nitrogens is 1. The van der Waals surface area contributed by atoms with Gasteiger partial charge in [-0.15, -0.1) is 0 Å². The summed E-state index contributed by atoms with van der Waals surface area (Å²) in [5.74, 6) is 0.660. The van der Waals surface area contributed by atoms with E-state index in [1.807, 2.05) is 12.1 Å². The van der Waals surface area contributed by atoms with Crippen LogP contribution in [0.15, 0.2) is 30.5 Å². The van der Waals surface area contributed by atoms with Crippen molar-refractivity contribution in [3.63, 3.8) is 0 Å². The molecule has 1 aliphatic rings. The molecule has 0 bridgehead atoms. The van der Waals surface area contributed by atoms with Gasteiger partial charge in [0.1, 0.15) is 0 Å². The lowest BCUT2D eigenvalue weighted by atomic mass is 9.92. The third-order valence-electron chi connectivity index (χ3n) is 4.16. The zero-order valence-corrected chi connectivity index (χ0v) is 11.8. The average Bonchev–Trinajstić information content (AvgIpc) is 2.51. The number of hydrogen-bond donors (Lipinski definition) is 2. The predicted molar refractivity (Wildman–Crippen MR) is 82.8 cm³/mol. The summed E-state index contributed by atoms with van der Waals surface area (Å²) in [6.07, 6.45) is 4.03. The quantitative estimate of drug-likeness (QED) is 0.842. The van der Waals surface area contributed by atoms with Gasteiger partial charge in [0.2, 0.25) is 0 Å². The number of nitrogens with two attached hydrogens (primary N) is 1. The number of pyridine rings is 1. The van der Waals surface area contributed by atoms with Crippen molar-refractivity contribution in [1.29, 1.82) is 0 Å². The van der Waals surface area contributed by atoms with Crippen LogP contribution in [0.25, 0.3) is 10.9 Å². The van der Waals surface area contributed by atoms with Gasteiger partial charge in [0.25, 0.3) is 0 Å². The first-order valence-electron chi connectivity index (χ1n) is 7.23. The first-order valence-corrected chi connectivity index (χ1v) is 7.23. The minimum atomic E-state index is 0.422. The summed E-state index contributed by atoms with van der Waals surface area (Å²) >= 11 is 0. The summed E-state index contributed by atoms with van der Waals surface area (Å²) in [5, 5.41) is 4.72. The second-order valence-corrected chi connectivity index (χ2v) is 5.48. The number of nitrogens with zero attached hydrogens (tertiary/aromatic N) is 1. The van der Waals surface area contributed by atoms with E-state index in [-0.39, 0.29) is 0 Å². The molecule has 4 nitrogen and oxygen atoms in total. The summed E-state index contributed by atoms with van der Waals surface area (Å²) in [6, 6.07) is 8.42. The molecule has 2 aromatic rings. The smallest absolute Gasteiger partial charge is 0.0951 e. The largest absolute Gasteiger partial charge is 0.397 e. The van der Waals surface area contributed by atoms with E-state index in [0.717, 1.165) is 48.3 Å². The number of rotatable bonds is 3. The molecule has 2 heterocycles. The molecule has 1 aromatic carbocycles. The van der Waals surface area contributed by atoms with Crippen LogP contribution in [-0.4, -0.2) is 24.2 Å². The van der Waals surface area contributed by atoms with E-state index in [4.69, 9.17) is 10.5 Å². The Morgan fingerprint density at radius 2 is 2.10 bits per heavy atom. The van der Waals surface area contributed by atoms with E-state index in [1.54, 1.807) is 6.20 Å². The molecule has 20 heavy (non-hydrogen) atoms. The van der Waals surface area contributed by atoms with Crippen molar-refractivity contribution in [3.05, 3.63) is 30.5 Å². The molecule has 0 spiro atoms. The molecule has 1 aromatic heterocycles. The van der Waals surface area contributed by atoms with Crippen molar-refractivity contribution in [2.75, 3.05) is 24.3 Å². The third-order valence-corrected chi connectivity index (χ3v) is 4.16. The average molecular weight is 271 g/mol. The van der Waals surface area contributed by atoms with Crippen LogP contribution < -0.4 is 11.1 Å². The van der Waals surface area contributed by atoms with E-state index in [2.05, 4.69) is 29.4 Å². The maximum absolute atomic E-state index is 5.99. The lowest BCUT2D eigenvalue weighted by Gasteiger charge is -2.29. The number of nitrogens with one attached hydrogen (secondary N) is 1. The molecule has 0 saturated carbocycles. The van der Waals surface area contributed by atoms with Crippen LogP contribution in [0.4, 0.5) is 11.4 Å². The van der Waals surface area contributed by atoms with Gasteiger partial charge in [-0.1, -0.05) is 0 Å². The lowest BCUT2D eigenvalue weighted by Crippen LogP contribution is -2.31. The molecule has 1 atom stereocenters. The maximum atomic E-state index is 5.99. The Balaban J connectivity index is 1.85. The molecule has 1 saturated heterocycles. The summed E-state index contributed by atoms with van der Waals surface area (Å²) in [4.78, 5) is 4.38. The Kier molecular flexibility index (Phi) is 3.74.